The molecule has 0 aliphatic carbocycles. The number of nitrogen functional groups attached to an aromatic ring is 1. The Bertz CT molecular complexity index is 730. The highest BCUT2D eigenvalue weighted by Crippen LogP contribution is 2.28. The van der Waals surface area contributed by atoms with Gasteiger partial charge in [-0.2, -0.15) is 5.10 Å². The summed E-state index contributed by atoms with van der Waals surface area (Å²) in [5.74, 6) is 1.42. The molecule has 3 rings (SSSR count). The van der Waals surface area contributed by atoms with Crippen molar-refractivity contribution in [2.45, 2.75) is 6.92 Å². The predicted molar refractivity (Wildman–Crippen MR) is 78.1 cm³/mol. The minimum absolute atomic E-state index is 0.586. The molecule has 2 heterocycles. The minimum atomic E-state index is 0.586. The Hall–Kier alpha value is -2.01. The summed E-state index contributed by atoms with van der Waals surface area (Å²) in [5, 5.41) is 4.55. The van der Waals surface area contributed by atoms with Gasteiger partial charge in [0, 0.05) is 16.1 Å². The van der Waals surface area contributed by atoms with Gasteiger partial charge in [-0.1, -0.05) is 12.1 Å². The van der Waals surface area contributed by atoms with E-state index in [0.717, 1.165) is 27.2 Å². The zero-order chi connectivity index (χ0) is 13.4. The number of para-hydroxylation sites is 1. The van der Waals surface area contributed by atoms with Gasteiger partial charge in [0.1, 0.15) is 11.6 Å². The minimum Gasteiger partial charge on any atom is -0.469 e. The van der Waals surface area contributed by atoms with Crippen molar-refractivity contribution in [3.63, 3.8) is 0 Å². The third-order valence-corrected chi connectivity index (χ3v) is 3.62. The Balaban J connectivity index is 2.13. The van der Waals surface area contributed by atoms with E-state index in [1.54, 1.807) is 10.9 Å². The van der Waals surface area contributed by atoms with Crippen molar-refractivity contribution in [3.05, 3.63) is 52.9 Å². The second kappa shape index (κ2) is 4.59. The van der Waals surface area contributed by atoms with E-state index in [-0.39, 0.29) is 0 Å². The molecule has 0 unspecified atom stereocenters. The van der Waals surface area contributed by atoms with E-state index in [1.807, 2.05) is 43.3 Å². The van der Waals surface area contributed by atoms with Gasteiger partial charge in [0.15, 0.2) is 0 Å². The molecule has 0 aliphatic heterocycles. The van der Waals surface area contributed by atoms with Gasteiger partial charge in [0.25, 0.3) is 0 Å². The largest absolute Gasteiger partial charge is 0.469 e. The van der Waals surface area contributed by atoms with E-state index in [4.69, 9.17) is 10.2 Å². The summed E-state index contributed by atoms with van der Waals surface area (Å²) in [5.41, 5.74) is 8.72. The van der Waals surface area contributed by atoms with Crippen LogP contribution in [-0.2, 0) is 0 Å². The van der Waals surface area contributed by atoms with Crippen LogP contribution in [0.2, 0.25) is 0 Å². The van der Waals surface area contributed by atoms with E-state index >= 15 is 0 Å². The Labute approximate surface area is 119 Å². The van der Waals surface area contributed by atoms with Crippen molar-refractivity contribution in [2.24, 2.45) is 0 Å². The van der Waals surface area contributed by atoms with Crippen LogP contribution in [0.25, 0.3) is 16.9 Å². The molecule has 0 saturated carbocycles. The second-order valence-electron chi connectivity index (χ2n) is 4.21. The molecular weight excluding hydrogens is 306 g/mol. The Morgan fingerprint density at radius 2 is 2.05 bits per heavy atom. The van der Waals surface area contributed by atoms with Crippen LogP contribution in [0, 0.1) is 6.92 Å². The molecule has 1 aromatic carbocycles. The number of nitrogens with zero attached hydrogens (tertiary/aromatic N) is 2. The summed E-state index contributed by atoms with van der Waals surface area (Å²) >= 11 is 3.50. The first-order valence-corrected chi connectivity index (χ1v) is 6.61. The van der Waals surface area contributed by atoms with Crippen LogP contribution in [0.4, 0.5) is 5.82 Å². The zero-order valence-corrected chi connectivity index (χ0v) is 11.9. The number of anilines is 1. The molecule has 0 atom stereocenters. The lowest BCUT2D eigenvalue weighted by Gasteiger charge is -2.05. The van der Waals surface area contributed by atoms with E-state index in [9.17, 15) is 0 Å². The lowest BCUT2D eigenvalue weighted by atomic mass is 10.2. The van der Waals surface area contributed by atoms with Crippen molar-refractivity contribution in [1.29, 1.82) is 0 Å². The summed E-state index contributed by atoms with van der Waals surface area (Å²) < 4.78 is 7.96. The molecule has 0 radical (unpaired) electrons. The van der Waals surface area contributed by atoms with Crippen LogP contribution < -0.4 is 5.73 Å². The molecule has 5 heteroatoms. The molecule has 0 spiro atoms. The molecule has 2 aromatic heterocycles. The lowest BCUT2D eigenvalue weighted by Crippen LogP contribution is -2.02. The number of hydrogen-bond donors (Lipinski definition) is 1. The van der Waals surface area contributed by atoms with E-state index in [1.165, 1.54) is 0 Å². The quantitative estimate of drug-likeness (QED) is 0.782. The van der Waals surface area contributed by atoms with Crippen molar-refractivity contribution in [1.82, 2.24) is 9.78 Å². The number of furan rings is 1. The van der Waals surface area contributed by atoms with Gasteiger partial charge in [-0.15, -0.1) is 0 Å². The highest BCUT2D eigenvalue weighted by Gasteiger charge is 2.13. The monoisotopic (exact) mass is 317 g/mol. The maximum absolute atomic E-state index is 6.05. The zero-order valence-electron chi connectivity index (χ0n) is 10.3. The maximum Gasteiger partial charge on any atom is 0.127 e. The molecule has 0 fully saturated rings. The lowest BCUT2D eigenvalue weighted by molar-refractivity contribution is 0.535. The number of aromatic nitrogens is 2. The fourth-order valence-electron chi connectivity index (χ4n) is 1.99. The van der Waals surface area contributed by atoms with Crippen LogP contribution >= 0.6 is 15.9 Å². The van der Waals surface area contributed by atoms with E-state index in [0.29, 0.717) is 5.82 Å². The van der Waals surface area contributed by atoms with Crippen LogP contribution in [0.5, 0.6) is 0 Å². The normalized spacial score (nSPS) is 10.8. The van der Waals surface area contributed by atoms with Crippen LogP contribution in [-0.4, -0.2) is 9.78 Å². The first-order valence-electron chi connectivity index (χ1n) is 5.82. The van der Waals surface area contributed by atoms with Crippen molar-refractivity contribution < 1.29 is 4.42 Å². The summed E-state index contributed by atoms with van der Waals surface area (Å²) in [6.45, 7) is 1.91. The molecule has 0 bridgehead atoms. The standard InChI is InChI=1S/C14H12BrN3O/c1-9-10(6-7-19-9)12-8-14(16)18(17-12)13-5-3-2-4-11(13)15/h2-8H,16H2,1H3. The molecule has 19 heavy (non-hydrogen) atoms. The van der Waals surface area contributed by atoms with Gasteiger partial charge in [0.05, 0.1) is 17.6 Å². The number of aryl methyl sites for hydroxylation is 1. The molecule has 3 aromatic rings. The average Bonchev–Trinajstić information content (AvgIpc) is 2.96. The molecule has 0 aliphatic rings. The Morgan fingerprint density at radius 1 is 1.26 bits per heavy atom. The molecule has 0 saturated heterocycles. The molecule has 96 valence electrons. The molecule has 0 amide bonds. The highest BCUT2D eigenvalue weighted by molar-refractivity contribution is 9.10. The number of rotatable bonds is 2. The van der Waals surface area contributed by atoms with Crippen molar-refractivity contribution in [3.8, 4) is 16.9 Å². The first-order chi connectivity index (χ1) is 9.16. The van der Waals surface area contributed by atoms with Gasteiger partial charge in [-0.05, 0) is 41.1 Å². The first kappa shape index (κ1) is 12.0. The molecular formula is C14H12BrN3O. The summed E-state index contributed by atoms with van der Waals surface area (Å²) in [6.07, 6.45) is 1.65. The van der Waals surface area contributed by atoms with Gasteiger partial charge in [-0.3, -0.25) is 0 Å². The van der Waals surface area contributed by atoms with Gasteiger partial charge in [-0.25, -0.2) is 4.68 Å². The third kappa shape index (κ3) is 2.06. The Morgan fingerprint density at radius 3 is 2.74 bits per heavy atom. The topological polar surface area (TPSA) is 57.0 Å². The summed E-state index contributed by atoms with van der Waals surface area (Å²) in [4.78, 5) is 0. The number of nitrogens with two attached hydrogens (primary N) is 1. The molecule has 2 N–H and O–H groups in total. The van der Waals surface area contributed by atoms with Crippen LogP contribution in [0.3, 0.4) is 0 Å². The second-order valence-corrected chi connectivity index (χ2v) is 5.06. The van der Waals surface area contributed by atoms with Gasteiger partial charge < -0.3 is 10.2 Å². The van der Waals surface area contributed by atoms with Crippen molar-refractivity contribution in [2.75, 3.05) is 5.73 Å². The maximum atomic E-state index is 6.05. The molecule has 4 nitrogen and oxygen atoms in total. The fourth-order valence-corrected chi connectivity index (χ4v) is 2.45. The summed E-state index contributed by atoms with van der Waals surface area (Å²) in [7, 11) is 0. The number of hydrogen-bond acceptors (Lipinski definition) is 3. The van der Waals surface area contributed by atoms with Crippen molar-refractivity contribution >= 4 is 21.7 Å². The Kier molecular flexibility index (Phi) is 2.91. The summed E-state index contributed by atoms with van der Waals surface area (Å²) in [6, 6.07) is 11.6. The highest BCUT2D eigenvalue weighted by atomic mass is 79.9. The smallest absolute Gasteiger partial charge is 0.127 e. The number of benzene rings is 1. The third-order valence-electron chi connectivity index (χ3n) is 2.95. The van der Waals surface area contributed by atoms with E-state index in [2.05, 4.69) is 21.0 Å². The van der Waals surface area contributed by atoms with Gasteiger partial charge >= 0.3 is 0 Å². The van der Waals surface area contributed by atoms with Crippen LogP contribution in [0.1, 0.15) is 5.76 Å². The number of halogens is 1. The van der Waals surface area contributed by atoms with E-state index < -0.39 is 0 Å². The SMILES string of the molecule is Cc1occc1-c1cc(N)n(-c2ccccc2Br)n1. The predicted octanol–water partition coefficient (Wildman–Crippen LogP) is 3.79. The fraction of sp³-hybridized carbons (Fsp3) is 0.0714. The average molecular weight is 318 g/mol. The van der Waals surface area contributed by atoms with Crippen LogP contribution in [0.15, 0.2) is 51.6 Å². The van der Waals surface area contributed by atoms with Gasteiger partial charge in [0.2, 0.25) is 0 Å².